The third-order valence-electron chi connectivity index (χ3n) is 5.60. The Morgan fingerprint density at radius 3 is 2.62 bits per heavy atom. The fourth-order valence-corrected chi connectivity index (χ4v) is 4.83. The molecule has 162 valence electrons. The molecule has 2 aliphatic rings. The number of carbonyl (C=O) groups excluding carboxylic acids is 1. The highest BCUT2D eigenvalue weighted by atomic mass is 32.2. The van der Waals surface area contributed by atoms with Crippen molar-refractivity contribution in [3.8, 4) is 0 Å². The molecule has 2 aromatic carbocycles. The second-order valence-corrected chi connectivity index (χ2v) is 8.64. The predicted octanol–water partition coefficient (Wildman–Crippen LogP) is 4.43. The predicted molar refractivity (Wildman–Crippen MR) is 117 cm³/mol. The number of aromatic nitrogens is 3. The summed E-state index contributed by atoms with van der Waals surface area (Å²) in [6.45, 7) is 0. The van der Waals surface area contributed by atoms with Gasteiger partial charge in [0, 0.05) is 23.4 Å². The molecule has 1 aliphatic carbocycles. The number of ketones is 1. The lowest BCUT2D eigenvalue weighted by atomic mass is 9.85. The lowest BCUT2D eigenvalue weighted by Gasteiger charge is -2.32. The molecular weight excluding hydrogens is 431 g/mol. The molecule has 0 bridgehead atoms. The van der Waals surface area contributed by atoms with Crippen molar-refractivity contribution in [2.75, 3.05) is 5.32 Å². The highest BCUT2D eigenvalue weighted by Gasteiger charge is 2.36. The zero-order valence-corrected chi connectivity index (χ0v) is 17.7. The summed E-state index contributed by atoms with van der Waals surface area (Å²) in [5, 5.41) is 17.5. The van der Waals surface area contributed by atoms with Gasteiger partial charge in [0.25, 0.3) is 0 Å². The van der Waals surface area contributed by atoms with Crippen molar-refractivity contribution in [1.82, 2.24) is 14.8 Å². The molecule has 0 spiro atoms. The van der Waals surface area contributed by atoms with Crippen LogP contribution in [0.2, 0.25) is 0 Å². The van der Waals surface area contributed by atoms with Gasteiger partial charge in [0.05, 0.1) is 5.56 Å². The molecule has 32 heavy (non-hydrogen) atoms. The van der Waals surface area contributed by atoms with Crippen molar-refractivity contribution in [3.05, 3.63) is 82.3 Å². The standard InChI is InChI=1S/C23H19FN4O3S/c24-16-10-8-14(9-11-16)20-19-17(2-1-3-18(19)29)25-22-26-23(27-28(20)22)32-12-13-4-6-15(7-5-13)21(30)31/h4-11,20H,1-3,12H2,(H,30,31)(H,25,26,27). The Morgan fingerprint density at radius 2 is 1.91 bits per heavy atom. The highest BCUT2D eigenvalue weighted by Crippen LogP contribution is 2.40. The number of nitrogens with zero attached hydrogens (tertiary/aromatic N) is 3. The highest BCUT2D eigenvalue weighted by molar-refractivity contribution is 7.98. The van der Waals surface area contributed by atoms with Crippen LogP contribution in [0.1, 0.15) is 46.8 Å². The molecule has 3 aromatic rings. The average Bonchev–Trinajstić information content (AvgIpc) is 3.20. The maximum Gasteiger partial charge on any atom is 0.335 e. The lowest BCUT2D eigenvalue weighted by Crippen LogP contribution is -2.31. The number of benzene rings is 2. The van der Waals surface area contributed by atoms with Gasteiger partial charge >= 0.3 is 5.97 Å². The first-order valence-electron chi connectivity index (χ1n) is 10.2. The molecule has 0 radical (unpaired) electrons. The van der Waals surface area contributed by atoms with E-state index < -0.39 is 12.0 Å². The zero-order valence-electron chi connectivity index (χ0n) is 16.9. The Morgan fingerprint density at radius 1 is 1.16 bits per heavy atom. The first kappa shape index (κ1) is 20.4. The van der Waals surface area contributed by atoms with Crippen LogP contribution in [0.5, 0.6) is 0 Å². The monoisotopic (exact) mass is 450 g/mol. The van der Waals surface area contributed by atoms with Crippen LogP contribution < -0.4 is 5.32 Å². The number of allylic oxidation sites excluding steroid dienone is 2. The Labute approximate surface area is 187 Å². The van der Waals surface area contributed by atoms with Crippen molar-refractivity contribution in [3.63, 3.8) is 0 Å². The smallest absolute Gasteiger partial charge is 0.335 e. The van der Waals surface area contributed by atoms with Gasteiger partial charge in [-0.2, -0.15) is 4.98 Å². The number of carboxylic acid groups (broad SMARTS) is 1. The molecule has 1 aromatic heterocycles. The van der Waals surface area contributed by atoms with E-state index in [4.69, 9.17) is 5.11 Å². The van der Waals surface area contributed by atoms with Gasteiger partial charge in [-0.3, -0.25) is 4.79 Å². The van der Waals surface area contributed by atoms with E-state index in [1.54, 1.807) is 41.1 Å². The van der Waals surface area contributed by atoms with Gasteiger partial charge < -0.3 is 10.4 Å². The fraction of sp³-hybridized carbons (Fsp3) is 0.217. The fourth-order valence-electron chi connectivity index (χ4n) is 4.04. The summed E-state index contributed by atoms with van der Waals surface area (Å²) < 4.78 is 15.2. The number of rotatable bonds is 5. The molecule has 1 atom stereocenters. The molecule has 2 N–H and O–H groups in total. The number of thioether (sulfide) groups is 1. The first-order chi connectivity index (χ1) is 15.5. The van der Waals surface area contributed by atoms with Crippen LogP contribution in [0.25, 0.3) is 0 Å². The number of fused-ring (bicyclic) bond motifs is 1. The van der Waals surface area contributed by atoms with E-state index in [0.717, 1.165) is 29.7 Å². The number of carbonyl (C=O) groups is 2. The number of Topliss-reactive ketones (excluding diaryl/α,β-unsaturated/α-hetero) is 1. The maximum absolute atomic E-state index is 13.5. The van der Waals surface area contributed by atoms with E-state index in [2.05, 4.69) is 15.4 Å². The Kier molecular flexibility index (Phi) is 5.26. The van der Waals surface area contributed by atoms with E-state index in [-0.39, 0.29) is 17.2 Å². The van der Waals surface area contributed by atoms with Crippen molar-refractivity contribution >= 4 is 29.5 Å². The summed E-state index contributed by atoms with van der Waals surface area (Å²) in [6.07, 6.45) is 2.02. The van der Waals surface area contributed by atoms with Crippen LogP contribution in [0.15, 0.2) is 65.0 Å². The number of hydrogen-bond acceptors (Lipinski definition) is 6. The van der Waals surface area contributed by atoms with Crippen molar-refractivity contribution in [2.24, 2.45) is 0 Å². The first-order valence-corrected chi connectivity index (χ1v) is 11.2. The van der Waals surface area contributed by atoms with Gasteiger partial charge in [-0.15, -0.1) is 5.10 Å². The third kappa shape index (κ3) is 3.80. The molecular formula is C23H19FN4O3S. The lowest BCUT2D eigenvalue weighted by molar-refractivity contribution is -0.116. The van der Waals surface area contributed by atoms with Gasteiger partial charge in [-0.25, -0.2) is 13.9 Å². The largest absolute Gasteiger partial charge is 0.478 e. The summed E-state index contributed by atoms with van der Waals surface area (Å²) in [5.41, 5.74) is 3.49. The van der Waals surface area contributed by atoms with Crippen LogP contribution in [-0.4, -0.2) is 31.6 Å². The van der Waals surface area contributed by atoms with E-state index in [9.17, 15) is 14.0 Å². The Balaban J connectivity index is 1.45. The molecule has 0 amide bonds. The summed E-state index contributed by atoms with van der Waals surface area (Å²) in [4.78, 5) is 28.4. The molecule has 5 rings (SSSR count). The van der Waals surface area contributed by atoms with Gasteiger partial charge in [-0.05, 0) is 48.2 Å². The van der Waals surface area contributed by atoms with E-state index >= 15 is 0 Å². The number of anilines is 1. The molecule has 7 nitrogen and oxygen atoms in total. The second-order valence-electron chi connectivity index (χ2n) is 7.70. The minimum absolute atomic E-state index is 0.0712. The number of halogens is 1. The SMILES string of the molecule is O=C1CCCC2=C1C(c1ccc(F)cc1)n1nc(SCc3ccc(C(=O)O)cc3)nc1N2. The van der Waals surface area contributed by atoms with Gasteiger partial charge in [0.2, 0.25) is 11.1 Å². The quantitative estimate of drug-likeness (QED) is 0.555. The van der Waals surface area contributed by atoms with Crippen LogP contribution in [0.3, 0.4) is 0 Å². The average molecular weight is 450 g/mol. The van der Waals surface area contributed by atoms with E-state index in [1.165, 1.54) is 23.9 Å². The molecule has 1 unspecified atom stereocenters. The Bertz CT molecular complexity index is 1240. The number of carboxylic acids is 1. The minimum atomic E-state index is -0.962. The van der Waals surface area contributed by atoms with Crippen LogP contribution >= 0.6 is 11.8 Å². The van der Waals surface area contributed by atoms with Crippen molar-refractivity contribution in [2.45, 2.75) is 36.2 Å². The van der Waals surface area contributed by atoms with Crippen LogP contribution in [0.4, 0.5) is 10.3 Å². The Hall–Kier alpha value is -3.46. The normalized spacial score (nSPS) is 17.5. The molecule has 1 aliphatic heterocycles. The van der Waals surface area contributed by atoms with Crippen LogP contribution in [0, 0.1) is 5.82 Å². The molecule has 2 heterocycles. The second kappa shape index (κ2) is 8.23. The molecule has 0 saturated carbocycles. The number of aromatic carboxylic acids is 1. The van der Waals surface area contributed by atoms with Crippen LogP contribution in [-0.2, 0) is 10.5 Å². The third-order valence-corrected chi connectivity index (χ3v) is 6.51. The van der Waals surface area contributed by atoms with Gasteiger partial charge in [0.15, 0.2) is 5.78 Å². The molecule has 9 heteroatoms. The summed E-state index contributed by atoms with van der Waals surface area (Å²) in [5.74, 6) is -0.109. The minimum Gasteiger partial charge on any atom is -0.478 e. The summed E-state index contributed by atoms with van der Waals surface area (Å²) in [6, 6.07) is 12.4. The maximum atomic E-state index is 13.5. The number of hydrogen-bond donors (Lipinski definition) is 2. The van der Waals surface area contributed by atoms with Crippen molar-refractivity contribution < 1.29 is 19.1 Å². The van der Waals surface area contributed by atoms with E-state index in [1.807, 2.05) is 0 Å². The van der Waals surface area contributed by atoms with Crippen molar-refractivity contribution in [1.29, 1.82) is 0 Å². The summed E-state index contributed by atoms with van der Waals surface area (Å²) >= 11 is 1.42. The van der Waals surface area contributed by atoms with E-state index in [0.29, 0.717) is 28.9 Å². The summed E-state index contributed by atoms with van der Waals surface area (Å²) in [7, 11) is 0. The molecule has 0 saturated heterocycles. The van der Waals surface area contributed by atoms with Gasteiger partial charge in [0.1, 0.15) is 11.9 Å². The number of nitrogens with one attached hydrogen (secondary N) is 1. The topological polar surface area (TPSA) is 97.1 Å². The zero-order chi connectivity index (χ0) is 22.2. The molecule has 0 fully saturated rings. The van der Waals surface area contributed by atoms with Gasteiger partial charge in [-0.1, -0.05) is 36.0 Å².